The van der Waals surface area contributed by atoms with Crippen molar-refractivity contribution < 1.29 is 9.90 Å². The first-order valence-electron chi connectivity index (χ1n) is 4.70. The second-order valence-corrected chi connectivity index (χ2v) is 3.84. The van der Waals surface area contributed by atoms with Crippen LogP contribution in [0.2, 0.25) is 0 Å². The molecule has 0 fully saturated rings. The summed E-state index contributed by atoms with van der Waals surface area (Å²) in [5, 5.41) is 8.81. The molecule has 0 amide bonds. The summed E-state index contributed by atoms with van der Waals surface area (Å²) >= 11 is 0. The van der Waals surface area contributed by atoms with Crippen LogP contribution >= 0.6 is 0 Å². The summed E-state index contributed by atoms with van der Waals surface area (Å²) < 4.78 is 1.87. The normalized spacial score (nSPS) is 15.1. The maximum atomic E-state index is 10.7. The highest BCUT2D eigenvalue weighted by Gasteiger charge is 2.20. The quantitative estimate of drug-likeness (QED) is 0.790. The Hall–Kier alpha value is -1.32. The van der Waals surface area contributed by atoms with Crippen molar-refractivity contribution >= 4 is 5.97 Å². The van der Waals surface area contributed by atoms with E-state index < -0.39 is 5.97 Å². The molecule has 0 aliphatic heterocycles. The number of imidazole rings is 1. The minimum atomic E-state index is -0.742. The topological polar surface area (TPSA) is 55.1 Å². The highest BCUT2D eigenvalue weighted by Crippen LogP contribution is 2.15. The second-order valence-electron chi connectivity index (χ2n) is 3.84. The lowest BCUT2D eigenvalue weighted by Gasteiger charge is -2.13. The highest BCUT2D eigenvalue weighted by molar-refractivity contribution is 5.69. The van der Waals surface area contributed by atoms with Crippen LogP contribution in [-0.2, 0) is 18.3 Å². The first-order valence-corrected chi connectivity index (χ1v) is 4.70. The number of hydrogen-bond acceptors (Lipinski definition) is 2. The number of aryl methyl sites for hydroxylation is 1. The molecule has 1 aromatic rings. The van der Waals surface area contributed by atoms with E-state index in [-0.39, 0.29) is 11.8 Å². The van der Waals surface area contributed by atoms with Gasteiger partial charge < -0.3 is 9.67 Å². The Bertz CT molecular complexity index is 320. The number of rotatable bonds is 4. The Morgan fingerprint density at radius 3 is 2.71 bits per heavy atom. The van der Waals surface area contributed by atoms with Gasteiger partial charge in [0.1, 0.15) is 0 Å². The predicted molar refractivity (Wildman–Crippen MR) is 52.9 cm³/mol. The van der Waals surface area contributed by atoms with Gasteiger partial charge in [-0.05, 0) is 12.3 Å². The summed E-state index contributed by atoms with van der Waals surface area (Å²) in [4.78, 5) is 14.9. The Kier molecular flexibility index (Phi) is 3.28. The van der Waals surface area contributed by atoms with Crippen LogP contribution in [-0.4, -0.2) is 20.6 Å². The van der Waals surface area contributed by atoms with Gasteiger partial charge in [-0.15, -0.1) is 0 Å². The lowest BCUT2D eigenvalue weighted by Crippen LogP contribution is -2.20. The van der Waals surface area contributed by atoms with E-state index in [0.29, 0.717) is 6.42 Å². The molecular weight excluding hydrogens is 180 g/mol. The molecule has 1 aromatic heterocycles. The van der Waals surface area contributed by atoms with E-state index in [9.17, 15) is 4.79 Å². The number of aliphatic carboxylic acids is 1. The average molecular weight is 196 g/mol. The molecule has 0 aromatic carbocycles. The van der Waals surface area contributed by atoms with Gasteiger partial charge in [0.2, 0.25) is 0 Å². The number of hydrogen-bond donors (Lipinski definition) is 1. The van der Waals surface area contributed by atoms with Crippen molar-refractivity contribution in [2.45, 2.75) is 20.3 Å². The van der Waals surface area contributed by atoms with E-state index in [1.54, 1.807) is 13.3 Å². The van der Waals surface area contributed by atoms with Crippen LogP contribution in [0, 0.1) is 11.8 Å². The van der Waals surface area contributed by atoms with E-state index in [4.69, 9.17) is 5.11 Å². The van der Waals surface area contributed by atoms with Crippen molar-refractivity contribution in [2.24, 2.45) is 18.9 Å². The lowest BCUT2D eigenvalue weighted by atomic mass is 9.92. The third kappa shape index (κ3) is 2.58. The standard InChI is InChI=1S/C10H16N2O2/c1-7(8(2)10(13)14)4-9-5-12(3)6-11-9/h5-8H,4H2,1-3H3,(H,13,14). The summed E-state index contributed by atoms with van der Waals surface area (Å²) in [6.45, 7) is 3.67. The van der Waals surface area contributed by atoms with Crippen molar-refractivity contribution in [3.05, 3.63) is 18.2 Å². The molecule has 0 aliphatic carbocycles. The minimum Gasteiger partial charge on any atom is -0.481 e. The van der Waals surface area contributed by atoms with Gasteiger partial charge in [-0.1, -0.05) is 13.8 Å². The van der Waals surface area contributed by atoms with Gasteiger partial charge in [-0.3, -0.25) is 4.79 Å². The predicted octanol–water partition coefficient (Wildman–Crippen LogP) is 1.32. The average Bonchev–Trinajstić information content (AvgIpc) is 2.49. The Labute approximate surface area is 83.6 Å². The molecule has 0 saturated carbocycles. The van der Waals surface area contributed by atoms with Crippen LogP contribution in [0.5, 0.6) is 0 Å². The third-order valence-corrected chi connectivity index (χ3v) is 2.53. The van der Waals surface area contributed by atoms with Crippen molar-refractivity contribution in [3.8, 4) is 0 Å². The fraction of sp³-hybridized carbons (Fsp3) is 0.600. The van der Waals surface area contributed by atoms with Crippen molar-refractivity contribution in [1.82, 2.24) is 9.55 Å². The van der Waals surface area contributed by atoms with Gasteiger partial charge in [-0.25, -0.2) is 4.98 Å². The zero-order valence-electron chi connectivity index (χ0n) is 8.77. The zero-order chi connectivity index (χ0) is 10.7. The van der Waals surface area contributed by atoms with Gasteiger partial charge in [-0.2, -0.15) is 0 Å². The van der Waals surface area contributed by atoms with Crippen molar-refractivity contribution in [1.29, 1.82) is 0 Å². The summed E-state index contributed by atoms with van der Waals surface area (Å²) in [7, 11) is 1.90. The fourth-order valence-corrected chi connectivity index (χ4v) is 1.32. The molecule has 14 heavy (non-hydrogen) atoms. The Balaban J connectivity index is 2.56. The van der Waals surface area contributed by atoms with Crippen LogP contribution in [0.1, 0.15) is 19.5 Å². The molecule has 78 valence electrons. The van der Waals surface area contributed by atoms with Crippen LogP contribution in [0.25, 0.3) is 0 Å². The van der Waals surface area contributed by atoms with E-state index in [2.05, 4.69) is 4.98 Å². The fourth-order valence-electron chi connectivity index (χ4n) is 1.32. The monoisotopic (exact) mass is 196 g/mol. The third-order valence-electron chi connectivity index (χ3n) is 2.53. The molecule has 0 radical (unpaired) electrons. The number of nitrogens with zero attached hydrogens (tertiary/aromatic N) is 2. The number of carbonyl (C=O) groups is 1. The molecular formula is C10H16N2O2. The van der Waals surface area contributed by atoms with Crippen molar-refractivity contribution in [2.75, 3.05) is 0 Å². The minimum absolute atomic E-state index is 0.113. The largest absolute Gasteiger partial charge is 0.481 e. The van der Waals surface area contributed by atoms with Gasteiger partial charge in [0.25, 0.3) is 0 Å². The van der Waals surface area contributed by atoms with Crippen molar-refractivity contribution in [3.63, 3.8) is 0 Å². The van der Waals surface area contributed by atoms with Crippen LogP contribution in [0.3, 0.4) is 0 Å². The maximum absolute atomic E-state index is 10.7. The molecule has 0 spiro atoms. The summed E-state index contributed by atoms with van der Waals surface area (Å²) in [5.41, 5.74) is 0.952. The van der Waals surface area contributed by atoms with Crippen LogP contribution < -0.4 is 0 Å². The molecule has 4 heteroatoms. The van der Waals surface area contributed by atoms with Gasteiger partial charge >= 0.3 is 5.97 Å². The summed E-state index contributed by atoms with van der Waals surface area (Å²) in [5.74, 6) is -0.951. The molecule has 1 N–H and O–H groups in total. The Morgan fingerprint density at radius 1 is 1.64 bits per heavy atom. The molecule has 1 heterocycles. The van der Waals surface area contributed by atoms with Gasteiger partial charge in [0.05, 0.1) is 17.9 Å². The number of carboxylic acids is 1. The summed E-state index contributed by atoms with van der Waals surface area (Å²) in [6.07, 6.45) is 4.37. The zero-order valence-corrected chi connectivity index (χ0v) is 8.77. The molecule has 2 atom stereocenters. The highest BCUT2D eigenvalue weighted by atomic mass is 16.4. The number of aromatic nitrogens is 2. The first kappa shape index (κ1) is 10.8. The lowest BCUT2D eigenvalue weighted by molar-refractivity contribution is -0.142. The smallest absolute Gasteiger partial charge is 0.306 e. The SMILES string of the molecule is CC(Cc1cn(C)cn1)C(C)C(=O)O. The first-order chi connectivity index (χ1) is 6.50. The maximum Gasteiger partial charge on any atom is 0.306 e. The molecule has 1 rings (SSSR count). The molecule has 2 unspecified atom stereocenters. The second kappa shape index (κ2) is 4.26. The number of carboxylic acid groups (broad SMARTS) is 1. The van der Waals surface area contributed by atoms with E-state index in [1.165, 1.54) is 0 Å². The van der Waals surface area contributed by atoms with E-state index >= 15 is 0 Å². The Morgan fingerprint density at radius 2 is 2.29 bits per heavy atom. The molecule has 0 aliphatic rings. The van der Waals surface area contributed by atoms with E-state index in [1.807, 2.05) is 24.7 Å². The molecule has 0 bridgehead atoms. The summed E-state index contributed by atoms with van der Waals surface area (Å²) in [6, 6.07) is 0. The van der Waals surface area contributed by atoms with Crippen LogP contribution in [0.15, 0.2) is 12.5 Å². The van der Waals surface area contributed by atoms with Gasteiger partial charge in [0, 0.05) is 13.2 Å². The molecule has 0 saturated heterocycles. The van der Waals surface area contributed by atoms with Gasteiger partial charge in [0.15, 0.2) is 0 Å². The molecule has 4 nitrogen and oxygen atoms in total. The van der Waals surface area contributed by atoms with Crippen LogP contribution in [0.4, 0.5) is 0 Å². The van der Waals surface area contributed by atoms with E-state index in [0.717, 1.165) is 5.69 Å².